The summed E-state index contributed by atoms with van der Waals surface area (Å²) in [5, 5.41) is 2.80. The Bertz CT molecular complexity index is 1090. The van der Waals surface area contributed by atoms with Crippen LogP contribution in [0.4, 0.5) is 11.4 Å². The SMILES string of the molecule is Cc1ccn(CCN2CCOCC2)c(=O)c1C(=O)Nc1ccc2c(c1)OC(C)C(=O)N2C. The number of hydrogen-bond acceptors (Lipinski definition) is 6. The van der Waals surface area contributed by atoms with Crippen molar-refractivity contribution < 1.29 is 19.1 Å². The lowest BCUT2D eigenvalue weighted by atomic mass is 10.1. The number of benzene rings is 1. The molecule has 1 N–H and O–H groups in total. The first kappa shape index (κ1) is 22.0. The average molecular weight is 441 g/mol. The van der Waals surface area contributed by atoms with Crippen LogP contribution >= 0.6 is 0 Å². The highest BCUT2D eigenvalue weighted by Gasteiger charge is 2.29. The predicted octanol–water partition coefficient (Wildman–Crippen LogP) is 1.48. The van der Waals surface area contributed by atoms with Gasteiger partial charge in [0.1, 0.15) is 11.3 Å². The molecular weight excluding hydrogens is 412 g/mol. The monoisotopic (exact) mass is 440 g/mol. The Morgan fingerprint density at radius 3 is 2.66 bits per heavy atom. The van der Waals surface area contributed by atoms with E-state index in [-0.39, 0.29) is 17.0 Å². The molecule has 0 bridgehead atoms. The molecule has 1 unspecified atom stereocenters. The van der Waals surface area contributed by atoms with E-state index in [1.807, 2.05) is 0 Å². The van der Waals surface area contributed by atoms with E-state index >= 15 is 0 Å². The molecule has 1 aromatic heterocycles. The van der Waals surface area contributed by atoms with Gasteiger partial charge in [-0.05, 0) is 37.6 Å². The van der Waals surface area contributed by atoms with Gasteiger partial charge in [-0.1, -0.05) is 0 Å². The number of likely N-dealkylation sites (N-methyl/N-ethyl adjacent to an activating group) is 1. The van der Waals surface area contributed by atoms with Gasteiger partial charge in [0.05, 0.1) is 18.9 Å². The van der Waals surface area contributed by atoms with Gasteiger partial charge >= 0.3 is 0 Å². The number of aryl methyl sites for hydroxylation is 1. The highest BCUT2D eigenvalue weighted by Crippen LogP contribution is 2.35. The van der Waals surface area contributed by atoms with Crippen molar-refractivity contribution in [1.29, 1.82) is 0 Å². The molecule has 4 rings (SSSR count). The van der Waals surface area contributed by atoms with Crippen LogP contribution in [0.15, 0.2) is 35.3 Å². The number of morpholine rings is 1. The number of anilines is 2. The van der Waals surface area contributed by atoms with Gasteiger partial charge in [0.2, 0.25) is 0 Å². The van der Waals surface area contributed by atoms with Gasteiger partial charge in [-0.2, -0.15) is 0 Å². The molecule has 2 amide bonds. The van der Waals surface area contributed by atoms with Crippen LogP contribution in [0.25, 0.3) is 0 Å². The zero-order valence-electron chi connectivity index (χ0n) is 18.6. The average Bonchev–Trinajstić information content (AvgIpc) is 2.78. The zero-order valence-corrected chi connectivity index (χ0v) is 18.6. The highest BCUT2D eigenvalue weighted by atomic mass is 16.5. The number of amides is 2. The summed E-state index contributed by atoms with van der Waals surface area (Å²) in [4.78, 5) is 41.9. The van der Waals surface area contributed by atoms with E-state index in [0.717, 1.165) is 19.6 Å². The molecule has 9 heteroatoms. The van der Waals surface area contributed by atoms with Crippen molar-refractivity contribution in [2.75, 3.05) is 50.1 Å². The number of pyridine rings is 1. The zero-order chi connectivity index (χ0) is 22.8. The molecule has 0 saturated carbocycles. The van der Waals surface area contributed by atoms with Gasteiger partial charge in [0.15, 0.2) is 6.10 Å². The molecule has 1 fully saturated rings. The summed E-state index contributed by atoms with van der Waals surface area (Å²) in [5.41, 5.74) is 1.54. The molecule has 0 aliphatic carbocycles. The second-order valence-corrected chi connectivity index (χ2v) is 8.12. The maximum atomic E-state index is 13.0. The fourth-order valence-corrected chi connectivity index (χ4v) is 3.98. The van der Waals surface area contributed by atoms with Crippen LogP contribution in [0.3, 0.4) is 0 Å². The first-order valence-electron chi connectivity index (χ1n) is 10.7. The molecule has 1 atom stereocenters. The second-order valence-electron chi connectivity index (χ2n) is 8.12. The number of rotatable bonds is 5. The van der Waals surface area contributed by atoms with Crippen molar-refractivity contribution in [3.63, 3.8) is 0 Å². The van der Waals surface area contributed by atoms with Gasteiger partial charge < -0.3 is 24.3 Å². The predicted molar refractivity (Wildman–Crippen MR) is 121 cm³/mol. The van der Waals surface area contributed by atoms with Crippen LogP contribution in [0.1, 0.15) is 22.8 Å². The van der Waals surface area contributed by atoms with Crippen molar-refractivity contribution in [2.45, 2.75) is 26.5 Å². The van der Waals surface area contributed by atoms with Crippen LogP contribution in [-0.4, -0.2) is 67.3 Å². The quantitative estimate of drug-likeness (QED) is 0.757. The number of aromatic nitrogens is 1. The van der Waals surface area contributed by atoms with Gasteiger partial charge in [-0.3, -0.25) is 19.3 Å². The molecule has 3 heterocycles. The fourth-order valence-electron chi connectivity index (χ4n) is 3.98. The summed E-state index contributed by atoms with van der Waals surface area (Å²) in [7, 11) is 1.69. The lowest BCUT2D eigenvalue weighted by molar-refractivity contribution is -0.125. The van der Waals surface area contributed by atoms with Crippen molar-refractivity contribution in [3.8, 4) is 5.75 Å². The Balaban J connectivity index is 1.51. The molecular formula is C23H28N4O5. The van der Waals surface area contributed by atoms with E-state index in [1.165, 1.54) is 4.90 Å². The second kappa shape index (κ2) is 9.13. The fraction of sp³-hybridized carbons (Fsp3) is 0.435. The summed E-state index contributed by atoms with van der Waals surface area (Å²) in [6.07, 6.45) is 1.13. The number of hydrogen-bond donors (Lipinski definition) is 1. The standard InChI is InChI=1S/C23H28N4O5/c1-15-6-7-27(9-8-26-10-12-31-13-11-26)23(30)20(15)21(28)24-17-4-5-18-19(14-17)32-16(2)22(29)25(18)3/h4-7,14,16H,8-13H2,1-3H3,(H,24,28). The molecule has 170 valence electrons. The van der Waals surface area contributed by atoms with Crippen molar-refractivity contribution in [1.82, 2.24) is 9.47 Å². The number of ether oxygens (including phenoxy) is 2. The Labute approximate surface area is 186 Å². The van der Waals surface area contributed by atoms with Crippen molar-refractivity contribution in [2.24, 2.45) is 0 Å². The van der Waals surface area contributed by atoms with Crippen LogP contribution in [0, 0.1) is 6.92 Å². The van der Waals surface area contributed by atoms with E-state index in [2.05, 4.69) is 10.2 Å². The molecule has 0 radical (unpaired) electrons. The third-order valence-electron chi connectivity index (χ3n) is 5.92. The number of nitrogens with one attached hydrogen (secondary N) is 1. The number of carbonyl (C=O) groups excluding carboxylic acids is 2. The Hall–Kier alpha value is -3.17. The third-order valence-corrected chi connectivity index (χ3v) is 5.92. The maximum absolute atomic E-state index is 13.0. The first-order chi connectivity index (χ1) is 15.3. The van der Waals surface area contributed by atoms with Crippen LogP contribution < -0.4 is 20.5 Å². The molecule has 1 aromatic carbocycles. The van der Waals surface area contributed by atoms with E-state index in [1.54, 1.807) is 55.9 Å². The highest BCUT2D eigenvalue weighted by molar-refractivity contribution is 6.05. The molecule has 2 aromatic rings. The molecule has 2 aliphatic heterocycles. The minimum Gasteiger partial charge on any atom is -0.479 e. The normalized spacial score (nSPS) is 18.8. The van der Waals surface area contributed by atoms with Crippen LogP contribution in [-0.2, 0) is 16.1 Å². The van der Waals surface area contributed by atoms with Gasteiger partial charge in [-0.15, -0.1) is 0 Å². The Kier molecular flexibility index (Phi) is 6.29. The van der Waals surface area contributed by atoms with Crippen molar-refractivity contribution >= 4 is 23.2 Å². The summed E-state index contributed by atoms with van der Waals surface area (Å²) in [6.45, 7) is 7.74. The Morgan fingerprint density at radius 2 is 1.91 bits per heavy atom. The minimum absolute atomic E-state index is 0.119. The molecule has 2 aliphatic rings. The van der Waals surface area contributed by atoms with E-state index in [4.69, 9.17) is 9.47 Å². The molecule has 0 spiro atoms. The lowest BCUT2D eigenvalue weighted by Crippen LogP contribution is -2.42. The summed E-state index contributed by atoms with van der Waals surface area (Å²) in [5.74, 6) is -0.0987. The minimum atomic E-state index is -0.603. The number of nitrogens with zero attached hydrogens (tertiary/aromatic N) is 3. The van der Waals surface area contributed by atoms with E-state index in [9.17, 15) is 14.4 Å². The third kappa shape index (κ3) is 4.39. The molecule has 32 heavy (non-hydrogen) atoms. The van der Waals surface area contributed by atoms with Gasteiger partial charge in [0, 0.05) is 51.2 Å². The van der Waals surface area contributed by atoms with Crippen molar-refractivity contribution in [3.05, 3.63) is 51.9 Å². The first-order valence-corrected chi connectivity index (χ1v) is 10.7. The van der Waals surface area contributed by atoms with Crippen LogP contribution in [0.2, 0.25) is 0 Å². The maximum Gasteiger partial charge on any atom is 0.267 e. The largest absolute Gasteiger partial charge is 0.479 e. The summed E-state index contributed by atoms with van der Waals surface area (Å²) >= 11 is 0. The molecule has 9 nitrogen and oxygen atoms in total. The van der Waals surface area contributed by atoms with E-state index in [0.29, 0.717) is 42.4 Å². The lowest BCUT2D eigenvalue weighted by Gasteiger charge is -2.30. The summed E-state index contributed by atoms with van der Waals surface area (Å²) < 4.78 is 12.6. The molecule has 1 saturated heterocycles. The topological polar surface area (TPSA) is 93.1 Å². The Morgan fingerprint density at radius 1 is 1.16 bits per heavy atom. The smallest absolute Gasteiger partial charge is 0.267 e. The number of fused-ring (bicyclic) bond motifs is 1. The van der Waals surface area contributed by atoms with Gasteiger partial charge in [-0.25, -0.2) is 0 Å². The van der Waals surface area contributed by atoms with Crippen LogP contribution in [0.5, 0.6) is 5.75 Å². The van der Waals surface area contributed by atoms with E-state index < -0.39 is 12.0 Å². The number of carbonyl (C=O) groups is 2. The van der Waals surface area contributed by atoms with Gasteiger partial charge in [0.25, 0.3) is 17.4 Å². The summed E-state index contributed by atoms with van der Waals surface area (Å²) in [6, 6.07) is 6.86.